The molecule has 4 nitrogen and oxygen atoms in total. The monoisotopic (exact) mass is 389 g/mol. The van der Waals surface area contributed by atoms with Gasteiger partial charge in [-0.1, -0.05) is 30.3 Å². The number of aryl methyl sites for hydroxylation is 2. The molecule has 0 fully saturated rings. The van der Waals surface area contributed by atoms with Gasteiger partial charge in [0.15, 0.2) is 0 Å². The molecular weight excluding hydrogens is 370 g/mol. The van der Waals surface area contributed by atoms with E-state index < -0.39 is 0 Å². The Morgan fingerprint density at radius 1 is 0.933 bits per heavy atom. The standard InChI is InChI=1S/C26H19N3O/c1-16-14-17(15-19-18-8-2-7-13-24(18)30-25(16)19)28-22-11-5-6-12-23(22)29-21-10-4-3-9-20(21)27-26(28)29/h3-7,9-15H,2,8H2,1H3. The molecule has 0 amide bonds. The third kappa shape index (κ3) is 1.98. The summed E-state index contributed by atoms with van der Waals surface area (Å²) in [6.07, 6.45) is 6.40. The van der Waals surface area contributed by atoms with E-state index in [4.69, 9.17) is 9.40 Å². The summed E-state index contributed by atoms with van der Waals surface area (Å²) in [6, 6.07) is 21.3. The van der Waals surface area contributed by atoms with Crippen LogP contribution in [0.4, 0.5) is 0 Å². The molecule has 3 aromatic carbocycles. The first-order chi connectivity index (χ1) is 14.8. The predicted molar refractivity (Wildman–Crippen MR) is 121 cm³/mol. The average molecular weight is 389 g/mol. The number of benzene rings is 3. The number of hydrogen-bond donors (Lipinski definition) is 0. The quantitative estimate of drug-likeness (QED) is 0.324. The second kappa shape index (κ2) is 5.63. The van der Waals surface area contributed by atoms with Gasteiger partial charge in [-0.25, -0.2) is 4.98 Å². The Morgan fingerprint density at radius 2 is 1.73 bits per heavy atom. The predicted octanol–water partition coefficient (Wildman–Crippen LogP) is 6.45. The third-order valence-corrected chi connectivity index (χ3v) is 6.29. The van der Waals surface area contributed by atoms with Crippen molar-refractivity contribution >= 4 is 44.9 Å². The van der Waals surface area contributed by atoms with Crippen LogP contribution >= 0.6 is 0 Å². The lowest BCUT2D eigenvalue weighted by molar-refractivity contribution is 0.593. The molecule has 0 atom stereocenters. The highest BCUT2D eigenvalue weighted by Crippen LogP contribution is 2.36. The SMILES string of the molecule is Cc1cc(-n2c3ccccc3n3c4ccccc4nc23)cc2c3c(oc12)C=CCC3. The third-order valence-electron chi connectivity index (χ3n) is 6.29. The number of rotatable bonds is 1. The first-order valence-corrected chi connectivity index (χ1v) is 10.4. The zero-order chi connectivity index (χ0) is 19.8. The van der Waals surface area contributed by atoms with Crippen molar-refractivity contribution in [3.63, 3.8) is 0 Å². The number of furan rings is 1. The van der Waals surface area contributed by atoms with Gasteiger partial charge in [0.1, 0.15) is 11.3 Å². The normalized spacial score (nSPS) is 13.8. The lowest BCUT2D eigenvalue weighted by atomic mass is 9.99. The summed E-state index contributed by atoms with van der Waals surface area (Å²) in [7, 11) is 0. The van der Waals surface area contributed by atoms with Gasteiger partial charge < -0.3 is 4.42 Å². The minimum Gasteiger partial charge on any atom is -0.456 e. The molecule has 0 N–H and O–H groups in total. The Kier molecular flexibility index (Phi) is 3.02. The van der Waals surface area contributed by atoms with Gasteiger partial charge in [0.2, 0.25) is 5.78 Å². The maximum atomic E-state index is 6.20. The topological polar surface area (TPSA) is 35.4 Å². The highest BCUT2D eigenvalue weighted by atomic mass is 16.3. The van der Waals surface area contributed by atoms with Gasteiger partial charge in [0.25, 0.3) is 0 Å². The maximum Gasteiger partial charge on any atom is 0.220 e. The summed E-state index contributed by atoms with van der Waals surface area (Å²) in [5.74, 6) is 1.94. The van der Waals surface area contributed by atoms with Crippen LogP contribution < -0.4 is 0 Å². The number of hydrogen-bond acceptors (Lipinski definition) is 2. The highest BCUT2D eigenvalue weighted by Gasteiger charge is 2.20. The second-order valence-electron chi connectivity index (χ2n) is 8.09. The fourth-order valence-electron chi connectivity index (χ4n) is 4.96. The molecule has 144 valence electrons. The van der Waals surface area contributed by atoms with Crippen LogP contribution in [0.3, 0.4) is 0 Å². The number of imidazole rings is 2. The molecule has 1 aliphatic carbocycles. The molecule has 0 bridgehead atoms. The Morgan fingerprint density at radius 3 is 2.63 bits per heavy atom. The van der Waals surface area contributed by atoms with Gasteiger partial charge in [-0.05, 0) is 67.8 Å². The van der Waals surface area contributed by atoms with Crippen LogP contribution in [0.5, 0.6) is 0 Å². The fraction of sp³-hybridized carbons (Fsp3) is 0.115. The molecule has 0 saturated heterocycles. The van der Waals surface area contributed by atoms with Crippen molar-refractivity contribution in [2.24, 2.45) is 0 Å². The van der Waals surface area contributed by atoms with Crippen LogP contribution in [0.15, 0.2) is 71.2 Å². The van der Waals surface area contributed by atoms with Crippen molar-refractivity contribution < 1.29 is 4.42 Å². The van der Waals surface area contributed by atoms with E-state index in [0.717, 1.165) is 63.3 Å². The van der Waals surface area contributed by atoms with Gasteiger partial charge in [0, 0.05) is 10.9 Å². The molecular formula is C26H19N3O. The Labute approximate surface area is 172 Å². The van der Waals surface area contributed by atoms with Crippen LogP contribution in [-0.4, -0.2) is 14.0 Å². The summed E-state index contributed by atoms with van der Waals surface area (Å²) in [4.78, 5) is 5.00. The van der Waals surface area contributed by atoms with E-state index >= 15 is 0 Å². The van der Waals surface area contributed by atoms with Crippen molar-refractivity contribution in [2.45, 2.75) is 19.8 Å². The van der Waals surface area contributed by atoms with Crippen molar-refractivity contribution in [3.05, 3.63) is 83.6 Å². The molecule has 3 heterocycles. The summed E-state index contributed by atoms with van der Waals surface area (Å²) >= 11 is 0. The van der Waals surface area contributed by atoms with Gasteiger partial charge in [-0.15, -0.1) is 0 Å². The zero-order valence-corrected chi connectivity index (χ0v) is 16.6. The van der Waals surface area contributed by atoms with Crippen LogP contribution in [-0.2, 0) is 6.42 Å². The van der Waals surface area contributed by atoms with E-state index in [1.807, 2.05) is 6.07 Å². The molecule has 4 heteroatoms. The summed E-state index contributed by atoms with van der Waals surface area (Å²) < 4.78 is 10.7. The molecule has 0 spiro atoms. The van der Waals surface area contributed by atoms with Crippen LogP contribution in [0.2, 0.25) is 0 Å². The van der Waals surface area contributed by atoms with E-state index in [9.17, 15) is 0 Å². The lowest BCUT2D eigenvalue weighted by Crippen LogP contribution is -1.97. The van der Waals surface area contributed by atoms with Crippen molar-refractivity contribution in [1.82, 2.24) is 14.0 Å². The van der Waals surface area contributed by atoms with Crippen molar-refractivity contribution in [1.29, 1.82) is 0 Å². The smallest absolute Gasteiger partial charge is 0.220 e. The van der Waals surface area contributed by atoms with Gasteiger partial charge >= 0.3 is 0 Å². The van der Waals surface area contributed by atoms with Crippen molar-refractivity contribution in [3.8, 4) is 5.69 Å². The highest BCUT2D eigenvalue weighted by molar-refractivity contribution is 5.94. The molecule has 30 heavy (non-hydrogen) atoms. The molecule has 0 aliphatic heterocycles. The molecule has 0 saturated carbocycles. The fourth-order valence-corrected chi connectivity index (χ4v) is 4.96. The number of nitrogens with zero attached hydrogens (tertiary/aromatic N) is 3. The van der Waals surface area contributed by atoms with Gasteiger partial charge in [-0.2, -0.15) is 0 Å². The summed E-state index contributed by atoms with van der Waals surface area (Å²) in [5.41, 5.74) is 9.05. The zero-order valence-electron chi connectivity index (χ0n) is 16.6. The van der Waals surface area contributed by atoms with E-state index in [-0.39, 0.29) is 0 Å². The first kappa shape index (κ1) is 16.1. The Balaban J connectivity index is 1.63. The van der Waals surface area contributed by atoms with Crippen LogP contribution in [0, 0.1) is 6.92 Å². The molecule has 1 aliphatic rings. The van der Waals surface area contributed by atoms with E-state index in [1.165, 1.54) is 10.9 Å². The van der Waals surface area contributed by atoms with Crippen molar-refractivity contribution in [2.75, 3.05) is 0 Å². The Bertz CT molecular complexity index is 1660. The first-order valence-electron chi connectivity index (χ1n) is 10.4. The minimum absolute atomic E-state index is 0.938. The van der Waals surface area contributed by atoms with E-state index in [1.54, 1.807) is 0 Å². The van der Waals surface area contributed by atoms with Crippen LogP contribution in [0.1, 0.15) is 23.3 Å². The van der Waals surface area contributed by atoms with Gasteiger partial charge in [-0.3, -0.25) is 8.97 Å². The Hall–Kier alpha value is -3.79. The summed E-state index contributed by atoms with van der Waals surface area (Å²) in [6.45, 7) is 2.13. The maximum absolute atomic E-state index is 6.20. The number of aromatic nitrogens is 3. The van der Waals surface area contributed by atoms with E-state index in [0.29, 0.717) is 0 Å². The van der Waals surface area contributed by atoms with Crippen LogP contribution in [0.25, 0.3) is 50.6 Å². The average Bonchev–Trinajstić information content (AvgIpc) is 3.42. The second-order valence-corrected chi connectivity index (χ2v) is 8.09. The molecule has 3 aromatic heterocycles. The van der Waals surface area contributed by atoms with Gasteiger partial charge in [0.05, 0.1) is 27.8 Å². The number of fused-ring (bicyclic) bond motifs is 8. The minimum atomic E-state index is 0.938. The molecule has 0 unspecified atom stereocenters. The lowest BCUT2D eigenvalue weighted by Gasteiger charge is -2.08. The number of allylic oxidation sites excluding steroid dienone is 1. The molecule has 6 aromatic rings. The summed E-state index contributed by atoms with van der Waals surface area (Å²) in [5, 5.41) is 1.22. The van der Waals surface area contributed by atoms with E-state index in [2.05, 4.69) is 82.6 Å². The number of para-hydroxylation sites is 4. The largest absolute Gasteiger partial charge is 0.456 e. The molecule has 7 rings (SSSR count). The molecule has 0 radical (unpaired) electrons.